The topological polar surface area (TPSA) is 37.4 Å². The lowest BCUT2D eigenvalue weighted by atomic mass is 10.1. The summed E-state index contributed by atoms with van der Waals surface area (Å²) in [6.07, 6.45) is 4.35. The second-order valence-electron chi connectivity index (χ2n) is 4.18. The quantitative estimate of drug-likeness (QED) is 0.845. The van der Waals surface area contributed by atoms with Gasteiger partial charge in [0.05, 0.1) is 17.0 Å². The Morgan fingerprint density at radius 2 is 2.12 bits per heavy atom. The van der Waals surface area contributed by atoms with E-state index in [4.69, 9.17) is 11.6 Å². The van der Waals surface area contributed by atoms with Crippen LogP contribution < -0.4 is 4.31 Å². The Labute approximate surface area is 107 Å². The van der Waals surface area contributed by atoms with Crippen molar-refractivity contribution in [1.29, 1.82) is 0 Å². The summed E-state index contributed by atoms with van der Waals surface area (Å²) < 4.78 is 24.9. The summed E-state index contributed by atoms with van der Waals surface area (Å²) in [6.45, 7) is 2.20. The van der Waals surface area contributed by atoms with Gasteiger partial charge in [-0.25, -0.2) is 8.42 Å². The molecule has 3 nitrogen and oxygen atoms in total. The molecule has 0 spiro atoms. The highest BCUT2D eigenvalue weighted by molar-refractivity contribution is 7.92. The van der Waals surface area contributed by atoms with Crippen LogP contribution in [-0.2, 0) is 10.0 Å². The highest BCUT2D eigenvalue weighted by Gasteiger charge is 2.31. The Kier molecular flexibility index (Phi) is 3.36. The van der Waals surface area contributed by atoms with Gasteiger partial charge in [0.2, 0.25) is 10.0 Å². The molecule has 1 radical (unpaired) electrons. The number of hydrogen-bond donors (Lipinski definition) is 0. The molecular formula is C12H15ClNO2S. The molecule has 0 amide bonds. The molecule has 93 valence electrons. The molecule has 1 aliphatic rings. The van der Waals surface area contributed by atoms with Crippen molar-refractivity contribution in [2.45, 2.75) is 19.3 Å². The molecule has 2 rings (SSSR count). The van der Waals surface area contributed by atoms with E-state index in [1.807, 2.05) is 19.1 Å². The maximum absolute atomic E-state index is 11.8. The number of rotatable bonds is 4. The number of anilines is 1. The van der Waals surface area contributed by atoms with Crippen LogP contribution >= 0.6 is 11.6 Å². The minimum atomic E-state index is -3.28. The Hall–Kier alpha value is -0.740. The van der Waals surface area contributed by atoms with Crippen LogP contribution in [0.4, 0.5) is 5.69 Å². The Bertz CT molecular complexity index is 523. The van der Waals surface area contributed by atoms with Gasteiger partial charge in [-0.1, -0.05) is 23.7 Å². The van der Waals surface area contributed by atoms with Crippen molar-refractivity contribution in [2.24, 2.45) is 0 Å². The molecule has 1 aromatic rings. The normalized spacial score (nSPS) is 15.9. The van der Waals surface area contributed by atoms with Crippen LogP contribution in [0.15, 0.2) is 18.2 Å². The smallest absolute Gasteiger partial charge is 0.232 e. The van der Waals surface area contributed by atoms with Gasteiger partial charge in [-0.15, -0.1) is 0 Å². The third-order valence-electron chi connectivity index (χ3n) is 2.83. The summed E-state index contributed by atoms with van der Waals surface area (Å²) in [5, 5.41) is 0.495. The molecular weight excluding hydrogens is 258 g/mol. The first kappa shape index (κ1) is 12.7. The molecule has 0 heterocycles. The average Bonchev–Trinajstić information content (AvgIpc) is 3.03. The molecule has 0 bridgehead atoms. The van der Waals surface area contributed by atoms with Crippen LogP contribution in [0, 0.1) is 6.42 Å². The van der Waals surface area contributed by atoms with Crippen LogP contribution in [0.5, 0.6) is 0 Å². The highest BCUT2D eigenvalue weighted by atomic mass is 35.5. The first-order valence-electron chi connectivity index (χ1n) is 5.54. The molecule has 0 aliphatic heterocycles. The fourth-order valence-electron chi connectivity index (χ4n) is 1.97. The molecule has 1 atom stereocenters. The zero-order valence-electron chi connectivity index (χ0n) is 9.85. The van der Waals surface area contributed by atoms with E-state index in [1.165, 1.54) is 10.6 Å². The molecule has 0 saturated heterocycles. The second kappa shape index (κ2) is 4.50. The van der Waals surface area contributed by atoms with Crippen LogP contribution in [0.2, 0.25) is 5.02 Å². The molecule has 1 aliphatic carbocycles. The molecule has 1 unspecified atom stereocenters. The van der Waals surface area contributed by atoms with Crippen molar-refractivity contribution >= 4 is 27.3 Å². The van der Waals surface area contributed by atoms with Gasteiger partial charge in [0.15, 0.2) is 0 Å². The van der Waals surface area contributed by atoms with Gasteiger partial charge in [-0.3, -0.25) is 4.31 Å². The minimum Gasteiger partial charge on any atom is -0.269 e. The van der Waals surface area contributed by atoms with E-state index >= 15 is 0 Å². The number of para-hydroxylation sites is 1. The summed E-state index contributed by atoms with van der Waals surface area (Å²) in [7, 11) is -3.28. The van der Waals surface area contributed by atoms with Gasteiger partial charge < -0.3 is 0 Å². The molecule has 1 aromatic carbocycles. The van der Waals surface area contributed by atoms with Crippen LogP contribution in [0.1, 0.15) is 24.8 Å². The zero-order chi connectivity index (χ0) is 12.6. The predicted molar refractivity (Wildman–Crippen MR) is 71.0 cm³/mol. The van der Waals surface area contributed by atoms with Gasteiger partial charge in [0.25, 0.3) is 0 Å². The first-order valence-corrected chi connectivity index (χ1v) is 7.77. The third kappa shape index (κ3) is 2.58. The van der Waals surface area contributed by atoms with Crippen molar-refractivity contribution < 1.29 is 8.42 Å². The minimum absolute atomic E-state index is 0.347. The standard InChI is InChI=1S/C12H15ClNO2S/c1-3-14(17(2,15)16)12-10(9-7-8-9)5-4-6-11(12)13/h4-7,9H,3,8H2,1-2H3. The van der Waals surface area contributed by atoms with Crippen molar-refractivity contribution in [1.82, 2.24) is 0 Å². The summed E-state index contributed by atoms with van der Waals surface area (Å²) >= 11 is 6.16. The van der Waals surface area contributed by atoms with Crippen molar-refractivity contribution in [3.63, 3.8) is 0 Å². The van der Waals surface area contributed by atoms with Crippen molar-refractivity contribution in [3.8, 4) is 0 Å². The second-order valence-corrected chi connectivity index (χ2v) is 6.50. The lowest BCUT2D eigenvalue weighted by Crippen LogP contribution is -2.30. The lowest BCUT2D eigenvalue weighted by molar-refractivity contribution is 0.597. The lowest BCUT2D eigenvalue weighted by Gasteiger charge is -2.24. The van der Waals surface area contributed by atoms with E-state index in [0.29, 0.717) is 23.2 Å². The largest absolute Gasteiger partial charge is 0.269 e. The monoisotopic (exact) mass is 272 g/mol. The van der Waals surface area contributed by atoms with Gasteiger partial charge in [-0.2, -0.15) is 0 Å². The van der Waals surface area contributed by atoms with E-state index in [2.05, 4.69) is 6.42 Å². The number of nitrogens with zero attached hydrogens (tertiary/aromatic N) is 1. The van der Waals surface area contributed by atoms with E-state index < -0.39 is 10.0 Å². The summed E-state index contributed by atoms with van der Waals surface area (Å²) in [6, 6.07) is 5.54. The summed E-state index contributed by atoms with van der Waals surface area (Å²) in [5.74, 6) is 0.347. The Morgan fingerprint density at radius 1 is 1.47 bits per heavy atom. The predicted octanol–water partition coefficient (Wildman–Crippen LogP) is 2.82. The fraction of sp³-hybridized carbons (Fsp3) is 0.417. The SMILES string of the molecule is CCN(c1c(Cl)cccc1C1[CH]C1)S(C)(=O)=O. The molecule has 17 heavy (non-hydrogen) atoms. The van der Waals surface area contributed by atoms with E-state index in [-0.39, 0.29) is 0 Å². The van der Waals surface area contributed by atoms with Gasteiger partial charge >= 0.3 is 0 Å². The number of benzene rings is 1. The highest BCUT2D eigenvalue weighted by Crippen LogP contribution is 2.46. The Morgan fingerprint density at radius 3 is 2.59 bits per heavy atom. The molecule has 1 saturated carbocycles. The van der Waals surface area contributed by atoms with Crippen LogP contribution in [0.3, 0.4) is 0 Å². The maximum Gasteiger partial charge on any atom is 0.232 e. The van der Waals surface area contributed by atoms with Crippen molar-refractivity contribution in [2.75, 3.05) is 17.1 Å². The molecule has 5 heteroatoms. The molecule has 0 N–H and O–H groups in total. The fourth-order valence-corrected chi connectivity index (χ4v) is 3.31. The van der Waals surface area contributed by atoms with Crippen LogP contribution in [-0.4, -0.2) is 21.2 Å². The summed E-state index contributed by atoms with van der Waals surface area (Å²) in [4.78, 5) is 0. The van der Waals surface area contributed by atoms with E-state index in [1.54, 1.807) is 6.07 Å². The first-order chi connectivity index (χ1) is 7.95. The Balaban J connectivity index is 2.56. The van der Waals surface area contributed by atoms with Gasteiger partial charge in [-0.05, 0) is 37.3 Å². The number of hydrogen-bond acceptors (Lipinski definition) is 2. The van der Waals surface area contributed by atoms with Crippen molar-refractivity contribution in [3.05, 3.63) is 35.2 Å². The van der Waals surface area contributed by atoms with Gasteiger partial charge in [0.1, 0.15) is 0 Å². The van der Waals surface area contributed by atoms with Crippen LogP contribution in [0.25, 0.3) is 0 Å². The number of halogens is 1. The van der Waals surface area contributed by atoms with E-state index in [9.17, 15) is 8.42 Å². The average molecular weight is 273 g/mol. The molecule has 0 aromatic heterocycles. The summed E-state index contributed by atoms with van der Waals surface area (Å²) in [5.41, 5.74) is 1.64. The van der Waals surface area contributed by atoms with Gasteiger partial charge in [0, 0.05) is 6.54 Å². The third-order valence-corrected chi connectivity index (χ3v) is 4.37. The zero-order valence-corrected chi connectivity index (χ0v) is 11.4. The molecule has 1 fully saturated rings. The number of sulfonamides is 1. The maximum atomic E-state index is 11.8. The van der Waals surface area contributed by atoms with E-state index in [0.717, 1.165) is 12.0 Å².